The van der Waals surface area contributed by atoms with Gasteiger partial charge in [-0.25, -0.2) is 4.98 Å². The molecule has 0 aromatic carbocycles. The fraction of sp³-hybridized carbons (Fsp3) is 0.375. The summed E-state index contributed by atoms with van der Waals surface area (Å²) in [5.74, 6) is 0.391. The fourth-order valence-corrected chi connectivity index (χ4v) is 0.839. The number of carbonyl (C=O) groups is 2. The number of hydrogen-bond acceptors (Lipinski definition) is 3. The first-order chi connectivity index (χ1) is 6.09. The molecule has 0 fully saturated rings. The average Bonchev–Trinajstić information content (AvgIpc) is 2.48. The SMILES string of the molecule is CC(=O)NCc1ncc(C(C)=O)[nH]1. The Morgan fingerprint density at radius 1 is 1.54 bits per heavy atom. The second-order valence-corrected chi connectivity index (χ2v) is 2.71. The lowest BCUT2D eigenvalue weighted by molar-refractivity contribution is -0.119. The van der Waals surface area contributed by atoms with Gasteiger partial charge < -0.3 is 10.3 Å². The van der Waals surface area contributed by atoms with Gasteiger partial charge in [0.15, 0.2) is 5.78 Å². The monoisotopic (exact) mass is 181 g/mol. The molecule has 0 atom stereocenters. The van der Waals surface area contributed by atoms with Gasteiger partial charge in [0.1, 0.15) is 11.5 Å². The van der Waals surface area contributed by atoms with Crippen LogP contribution in [0.4, 0.5) is 0 Å². The Bertz CT molecular complexity index is 330. The normalized spacial score (nSPS) is 9.69. The molecule has 1 rings (SSSR count). The average molecular weight is 181 g/mol. The minimum atomic E-state index is -0.124. The Kier molecular flexibility index (Phi) is 2.79. The number of amides is 1. The highest BCUT2D eigenvalue weighted by molar-refractivity contribution is 5.91. The van der Waals surface area contributed by atoms with Crippen molar-refractivity contribution in [1.29, 1.82) is 0 Å². The molecule has 0 aliphatic heterocycles. The van der Waals surface area contributed by atoms with Crippen LogP contribution in [-0.4, -0.2) is 21.7 Å². The van der Waals surface area contributed by atoms with Crippen molar-refractivity contribution in [2.45, 2.75) is 20.4 Å². The third kappa shape index (κ3) is 2.70. The Balaban J connectivity index is 2.59. The first-order valence-electron chi connectivity index (χ1n) is 3.89. The molecule has 5 nitrogen and oxygen atoms in total. The van der Waals surface area contributed by atoms with Gasteiger partial charge in [-0.15, -0.1) is 0 Å². The number of ketones is 1. The lowest BCUT2D eigenvalue weighted by Gasteiger charge is -1.96. The van der Waals surface area contributed by atoms with Crippen LogP contribution < -0.4 is 5.32 Å². The van der Waals surface area contributed by atoms with E-state index < -0.39 is 0 Å². The standard InChI is InChI=1S/C8H11N3O2/c1-5(12)7-3-10-8(11-7)4-9-6(2)13/h3H,4H2,1-2H3,(H,9,13)(H,10,11). The van der Waals surface area contributed by atoms with E-state index in [0.717, 1.165) is 0 Å². The highest BCUT2D eigenvalue weighted by Crippen LogP contribution is 1.97. The zero-order valence-corrected chi connectivity index (χ0v) is 7.55. The molecule has 0 spiro atoms. The number of Topliss-reactive ketones (excluding diaryl/α,β-unsaturated/α-hetero) is 1. The summed E-state index contributed by atoms with van der Waals surface area (Å²) in [4.78, 5) is 28.1. The summed E-state index contributed by atoms with van der Waals surface area (Å²) in [6, 6.07) is 0. The summed E-state index contributed by atoms with van der Waals surface area (Å²) in [6.45, 7) is 3.20. The van der Waals surface area contributed by atoms with Crippen LogP contribution in [0.15, 0.2) is 6.20 Å². The van der Waals surface area contributed by atoms with E-state index in [0.29, 0.717) is 18.1 Å². The van der Waals surface area contributed by atoms with E-state index in [1.807, 2.05) is 0 Å². The third-order valence-corrected chi connectivity index (χ3v) is 1.51. The molecule has 1 heterocycles. The molecule has 0 saturated carbocycles. The summed E-state index contributed by atoms with van der Waals surface area (Å²) in [5.41, 5.74) is 0.459. The molecule has 0 bridgehead atoms. The molecule has 0 saturated heterocycles. The van der Waals surface area contributed by atoms with Crippen LogP contribution in [0.5, 0.6) is 0 Å². The first kappa shape index (κ1) is 9.44. The Morgan fingerprint density at radius 2 is 2.23 bits per heavy atom. The second kappa shape index (κ2) is 3.84. The second-order valence-electron chi connectivity index (χ2n) is 2.71. The van der Waals surface area contributed by atoms with E-state index in [-0.39, 0.29) is 11.7 Å². The summed E-state index contributed by atoms with van der Waals surface area (Å²) >= 11 is 0. The number of hydrogen-bond donors (Lipinski definition) is 2. The number of rotatable bonds is 3. The van der Waals surface area contributed by atoms with E-state index in [1.54, 1.807) is 0 Å². The van der Waals surface area contributed by atoms with Gasteiger partial charge in [0.25, 0.3) is 0 Å². The van der Waals surface area contributed by atoms with Gasteiger partial charge in [-0.2, -0.15) is 0 Å². The number of aromatic amines is 1. The minimum Gasteiger partial charge on any atom is -0.349 e. The number of H-pyrrole nitrogens is 1. The number of nitrogens with one attached hydrogen (secondary N) is 2. The first-order valence-corrected chi connectivity index (χ1v) is 3.89. The predicted octanol–water partition coefficient (Wildman–Crippen LogP) is 0.248. The van der Waals surface area contributed by atoms with Gasteiger partial charge >= 0.3 is 0 Å². The molecular weight excluding hydrogens is 170 g/mol. The number of carbonyl (C=O) groups excluding carboxylic acids is 2. The van der Waals surface area contributed by atoms with Crippen molar-refractivity contribution in [3.63, 3.8) is 0 Å². The summed E-state index contributed by atoms with van der Waals surface area (Å²) in [7, 11) is 0. The number of nitrogens with zero attached hydrogens (tertiary/aromatic N) is 1. The van der Waals surface area contributed by atoms with Crippen molar-refractivity contribution >= 4 is 11.7 Å². The molecule has 13 heavy (non-hydrogen) atoms. The lowest BCUT2D eigenvalue weighted by Crippen LogP contribution is -2.19. The van der Waals surface area contributed by atoms with E-state index in [1.165, 1.54) is 20.0 Å². The van der Waals surface area contributed by atoms with Gasteiger partial charge in [0, 0.05) is 13.8 Å². The number of imidazole rings is 1. The maximum absolute atomic E-state index is 10.8. The van der Waals surface area contributed by atoms with Crippen LogP contribution in [0.25, 0.3) is 0 Å². The molecule has 0 aliphatic carbocycles. The van der Waals surface area contributed by atoms with E-state index in [9.17, 15) is 9.59 Å². The van der Waals surface area contributed by atoms with Crippen LogP contribution >= 0.6 is 0 Å². The quantitative estimate of drug-likeness (QED) is 0.656. The molecule has 2 N–H and O–H groups in total. The summed E-state index contributed by atoms with van der Waals surface area (Å²) in [5, 5.41) is 2.57. The zero-order valence-electron chi connectivity index (χ0n) is 7.55. The molecule has 0 aliphatic rings. The van der Waals surface area contributed by atoms with E-state index in [2.05, 4.69) is 15.3 Å². The van der Waals surface area contributed by atoms with E-state index >= 15 is 0 Å². The molecule has 70 valence electrons. The van der Waals surface area contributed by atoms with Crippen molar-refractivity contribution < 1.29 is 9.59 Å². The smallest absolute Gasteiger partial charge is 0.217 e. The molecule has 0 radical (unpaired) electrons. The van der Waals surface area contributed by atoms with Gasteiger partial charge in [0.2, 0.25) is 5.91 Å². The number of aromatic nitrogens is 2. The van der Waals surface area contributed by atoms with Crippen LogP contribution in [0.1, 0.15) is 30.2 Å². The predicted molar refractivity (Wildman–Crippen MR) is 46.1 cm³/mol. The van der Waals surface area contributed by atoms with Crippen LogP contribution in [0.3, 0.4) is 0 Å². The van der Waals surface area contributed by atoms with Gasteiger partial charge in [-0.3, -0.25) is 9.59 Å². The van der Waals surface area contributed by atoms with Gasteiger partial charge in [0.05, 0.1) is 12.7 Å². The minimum absolute atomic E-state index is 0.0680. The van der Waals surface area contributed by atoms with E-state index in [4.69, 9.17) is 0 Å². The molecular formula is C8H11N3O2. The highest BCUT2D eigenvalue weighted by Gasteiger charge is 2.04. The maximum atomic E-state index is 10.8. The van der Waals surface area contributed by atoms with Crippen LogP contribution in [0.2, 0.25) is 0 Å². The van der Waals surface area contributed by atoms with Crippen molar-refractivity contribution in [1.82, 2.24) is 15.3 Å². The lowest BCUT2D eigenvalue weighted by atomic mass is 10.3. The van der Waals surface area contributed by atoms with Crippen molar-refractivity contribution in [3.8, 4) is 0 Å². The maximum Gasteiger partial charge on any atom is 0.217 e. The van der Waals surface area contributed by atoms with Gasteiger partial charge in [-0.1, -0.05) is 0 Å². The van der Waals surface area contributed by atoms with Crippen molar-refractivity contribution in [3.05, 3.63) is 17.7 Å². The largest absolute Gasteiger partial charge is 0.349 e. The highest BCUT2D eigenvalue weighted by atomic mass is 16.1. The van der Waals surface area contributed by atoms with Crippen molar-refractivity contribution in [2.75, 3.05) is 0 Å². The third-order valence-electron chi connectivity index (χ3n) is 1.51. The Morgan fingerprint density at radius 3 is 2.69 bits per heavy atom. The topological polar surface area (TPSA) is 74.8 Å². The van der Waals surface area contributed by atoms with Crippen LogP contribution in [0, 0.1) is 0 Å². The zero-order chi connectivity index (χ0) is 9.84. The summed E-state index contributed by atoms with van der Waals surface area (Å²) < 4.78 is 0. The Labute approximate surface area is 75.6 Å². The molecule has 1 amide bonds. The summed E-state index contributed by atoms with van der Waals surface area (Å²) in [6.07, 6.45) is 1.46. The van der Waals surface area contributed by atoms with Crippen LogP contribution in [-0.2, 0) is 11.3 Å². The van der Waals surface area contributed by atoms with Gasteiger partial charge in [-0.05, 0) is 0 Å². The molecule has 0 unspecified atom stereocenters. The molecule has 1 aromatic heterocycles. The molecule has 1 aromatic rings. The Hall–Kier alpha value is -1.65. The fourth-order valence-electron chi connectivity index (χ4n) is 0.839. The molecule has 5 heteroatoms. The van der Waals surface area contributed by atoms with Crippen molar-refractivity contribution in [2.24, 2.45) is 0 Å².